The van der Waals surface area contributed by atoms with Crippen LogP contribution >= 0.6 is 34.8 Å². The molecule has 0 saturated heterocycles. The SMILES string of the molecule is CN(C)c1ccc(/C=N\Nc2cc(Cl)ccc2Cl)c(Cl)c1. The van der Waals surface area contributed by atoms with Crippen molar-refractivity contribution in [2.45, 2.75) is 0 Å². The minimum absolute atomic E-state index is 0.547. The van der Waals surface area contributed by atoms with E-state index < -0.39 is 0 Å². The fourth-order valence-corrected chi connectivity index (χ4v) is 2.21. The van der Waals surface area contributed by atoms with Gasteiger partial charge >= 0.3 is 0 Å². The third-order valence-electron chi connectivity index (χ3n) is 2.82. The maximum Gasteiger partial charge on any atom is 0.0762 e. The van der Waals surface area contributed by atoms with Crippen molar-refractivity contribution in [2.24, 2.45) is 5.10 Å². The first-order valence-corrected chi connectivity index (χ1v) is 7.32. The second-order valence-corrected chi connectivity index (χ2v) is 5.85. The van der Waals surface area contributed by atoms with Crippen LogP contribution in [0.2, 0.25) is 15.1 Å². The predicted octanol–water partition coefficient (Wildman–Crippen LogP) is 5.16. The average Bonchev–Trinajstić information content (AvgIpc) is 2.44. The van der Waals surface area contributed by atoms with E-state index in [1.165, 1.54) is 0 Å². The van der Waals surface area contributed by atoms with Gasteiger partial charge in [0, 0.05) is 30.4 Å². The molecule has 0 amide bonds. The first-order chi connectivity index (χ1) is 9.97. The molecule has 2 aromatic carbocycles. The number of rotatable bonds is 4. The van der Waals surface area contributed by atoms with Crippen molar-refractivity contribution >= 4 is 52.4 Å². The van der Waals surface area contributed by atoms with Crippen LogP contribution in [-0.4, -0.2) is 20.3 Å². The third kappa shape index (κ3) is 4.27. The molecule has 0 bridgehead atoms. The van der Waals surface area contributed by atoms with E-state index in [9.17, 15) is 0 Å². The zero-order valence-corrected chi connectivity index (χ0v) is 13.8. The Morgan fingerprint density at radius 3 is 2.43 bits per heavy atom. The van der Waals surface area contributed by atoms with Gasteiger partial charge in [0.25, 0.3) is 0 Å². The van der Waals surface area contributed by atoms with E-state index in [0.717, 1.165) is 11.3 Å². The molecule has 21 heavy (non-hydrogen) atoms. The van der Waals surface area contributed by atoms with Crippen LogP contribution in [0.25, 0.3) is 0 Å². The fourth-order valence-electron chi connectivity index (χ4n) is 1.65. The van der Waals surface area contributed by atoms with Crippen molar-refractivity contribution < 1.29 is 0 Å². The van der Waals surface area contributed by atoms with Gasteiger partial charge in [0.1, 0.15) is 0 Å². The summed E-state index contributed by atoms with van der Waals surface area (Å²) >= 11 is 18.2. The zero-order chi connectivity index (χ0) is 15.4. The minimum Gasteiger partial charge on any atom is -0.378 e. The zero-order valence-electron chi connectivity index (χ0n) is 11.6. The van der Waals surface area contributed by atoms with Crippen LogP contribution in [0.3, 0.4) is 0 Å². The maximum atomic E-state index is 6.22. The molecule has 0 aliphatic rings. The minimum atomic E-state index is 0.547. The number of anilines is 2. The van der Waals surface area contributed by atoms with E-state index >= 15 is 0 Å². The Hall–Kier alpha value is -1.42. The molecule has 110 valence electrons. The molecule has 2 rings (SSSR count). The van der Waals surface area contributed by atoms with Crippen molar-refractivity contribution in [3.05, 3.63) is 57.0 Å². The van der Waals surface area contributed by atoms with E-state index in [0.29, 0.717) is 20.8 Å². The number of hydrogen-bond acceptors (Lipinski definition) is 3. The summed E-state index contributed by atoms with van der Waals surface area (Å²) in [7, 11) is 3.92. The van der Waals surface area contributed by atoms with Crippen LogP contribution in [0.4, 0.5) is 11.4 Å². The molecule has 6 heteroatoms. The molecule has 0 spiro atoms. The summed E-state index contributed by atoms with van der Waals surface area (Å²) in [4.78, 5) is 1.98. The Morgan fingerprint density at radius 2 is 1.76 bits per heavy atom. The number of hydrazone groups is 1. The van der Waals surface area contributed by atoms with Gasteiger partial charge in [-0.25, -0.2) is 0 Å². The van der Waals surface area contributed by atoms with Gasteiger partial charge in [0.2, 0.25) is 0 Å². The van der Waals surface area contributed by atoms with Gasteiger partial charge in [0.15, 0.2) is 0 Å². The number of nitrogens with zero attached hydrogens (tertiary/aromatic N) is 2. The van der Waals surface area contributed by atoms with Crippen LogP contribution in [-0.2, 0) is 0 Å². The highest BCUT2D eigenvalue weighted by Gasteiger charge is 2.02. The normalized spacial score (nSPS) is 10.9. The van der Waals surface area contributed by atoms with Crippen molar-refractivity contribution in [1.29, 1.82) is 0 Å². The van der Waals surface area contributed by atoms with Crippen molar-refractivity contribution in [3.63, 3.8) is 0 Å². The van der Waals surface area contributed by atoms with Gasteiger partial charge in [-0.15, -0.1) is 0 Å². The van der Waals surface area contributed by atoms with E-state index in [2.05, 4.69) is 10.5 Å². The highest BCUT2D eigenvalue weighted by molar-refractivity contribution is 6.35. The molecule has 0 unspecified atom stereocenters. The van der Waals surface area contributed by atoms with Crippen LogP contribution in [0.15, 0.2) is 41.5 Å². The van der Waals surface area contributed by atoms with Crippen LogP contribution in [0.5, 0.6) is 0 Å². The average molecular weight is 343 g/mol. The number of benzene rings is 2. The molecular formula is C15H14Cl3N3. The molecule has 0 fully saturated rings. The van der Waals surface area contributed by atoms with Crippen LogP contribution < -0.4 is 10.3 Å². The molecule has 0 saturated carbocycles. The van der Waals surface area contributed by atoms with Gasteiger partial charge in [-0.2, -0.15) is 5.10 Å². The Bertz CT molecular complexity index is 669. The second-order valence-electron chi connectivity index (χ2n) is 4.59. The molecule has 1 N–H and O–H groups in total. The molecule has 0 heterocycles. The summed E-state index contributed by atoms with van der Waals surface area (Å²) < 4.78 is 0. The van der Waals surface area contributed by atoms with E-state index in [-0.39, 0.29) is 0 Å². The molecule has 0 radical (unpaired) electrons. The summed E-state index contributed by atoms with van der Waals surface area (Å²) in [5.41, 5.74) is 5.33. The number of nitrogens with one attached hydrogen (secondary N) is 1. The standard InChI is InChI=1S/C15H14Cl3N3/c1-21(2)12-5-3-10(14(18)8-12)9-19-20-15-7-11(16)4-6-13(15)17/h3-9,20H,1-2H3/b19-9-. The molecule has 2 aromatic rings. The summed E-state index contributed by atoms with van der Waals surface area (Å²) in [5, 5.41) is 5.90. The van der Waals surface area contributed by atoms with E-state index in [1.54, 1.807) is 24.4 Å². The molecular weight excluding hydrogens is 329 g/mol. The lowest BCUT2D eigenvalue weighted by atomic mass is 10.2. The van der Waals surface area contributed by atoms with E-state index in [1.807, 2.05) is 37.2 Å². The van der Waals surface area contributed by atoms with Gasteiger partial charge in [0.05, 0.1) is 21.9 Å². The summed E-state index contributed by atoms with van der Waals surface area (Å²) in [6.07, 6.45) is 1.64. The summed E-state index contributed by atoms with van der Waals surface area (Å²) in [5.74, 6) is 0. The molecule has 0 aromatic heterocycles. The monoisotopic (exact) mass is 341 g/mol. The second kappa shape index (κ2) is 7.03. The summed E-state index contributed by atoms with van der Waals surface area (Å²) in [6.45, 7) is 0. The highest BCUT2D eigenvalue weighted by atomic mass is 35.5. The predicted molar refractivity (Wildman–Crippen MR) is 93.5 cm³/mol. The Labute approximate surface area is 139 Å². The Morgan fingerprint density at radius 1 is 1.00 bits per heavy atom. The first-order valence-electron chi connectivity index (χ1n) is 6.18. The van der Waals surface area contributed by atoms with Gasteiger partial charge in [-0.3, -0.25) is 5.43 Å². The number of hydrogen-bond donors (Lipinski definition) is 1. The Kier molecular flexibility index (Phi) is 5.34. The van der Waals surface area contributed by atoms with E-state index in [4.69, 9.17) is 34.8 Å². The fraction of sp³-hybridized carbons (Fsp3) is 0.133. The van der Waals surface area contributed by atoms with Crippen LogP contribution in [0, 0.1) is 0 Å². The third-order valence-corrected chi connectivity index (χ3v) is 3.71. The molecule has 0 atom stereocenters. The van der Waals surface area contributed by atoms with Crippen molar-refractivity contribution in [1.82, 2.24) is 0 Å². The van der Waals surface area contributed by atoms with Gasteiger partial charge in [-0.05, 0) is 36.4 Å². The lowest BCUT2D eigenvalue weighted by Gasteiger charge is -2.13. The summed E-state index contributed by atoms with van der Waals surface area (Å²) in [6, 6.07) is 10.9. The molecule has 0 aliphatic heterocycles. The molecule has 3 nitrogen and oxygen atoms in total. The highest BCUT2D eigenvalue weighted by Crippen LogP contribution is 2.25. The Balaban J connectivity index is 2.13. The van der Waals surface area contributed by atoms with Crippen molar-refractivity contribution in [3.8, 4) is 0 Å². The largest absolute Gasteiger partial charge is 0.378 e. The number of halogens is 3. The maximum absolute atomic E-state index is 6.22. The first kappa shape index (κ1) is 16.0. The molecule has 0 aliphatic carbocycles. The quantitative estimate of drug-likeness (QED) is 0.614. The van der Waals surface area contributed by atoms with Gasteiger partial charge in [-0.1, -0.05) is 34.8 Å². The smallest absolute Gasteiger partial charge is 0.0762 e. The van der Waals surface area contributed by atoms with Crippen LogP contribution in [0.1, 0.15) is 5.56 Å². The lowest BCUT2D eigenvalue weighted by molar-refractivity contribution is 1.13. The van der Waals surface area contributed by atoms with Crippen molar-refractivity contribution in [2.75, 3.05) is 24.4 Å². The van der Waals surface area contributed by atoms with Gasteiger partial charge < -0.3 is 4.90 Å². The lowest BCUT2D eigenvalue weighted by Crippen LogP contribution is -2.08. The topological polar surface area (TPSA) is 27.6 Å².